The highest BCUT2D eigenvalue weighted by molar-refractivity contribution is 7.99. The molecule has 3 rings (SSSR count). The number of Topliss-reactive ketones (excluding diaryl/α,β-unsaturated/α-hetero) is 1. The maximum atomic E-state index is 12.6. The van der Waals surface area contributed by atoms with Crippen LogP contribution in [0, 0.1) is 6.92 Å². The lowest BCUT2D eigenvalue weighted by Crippen LogP contribution is -2.56. The third-order valence-electron chi connectivity index (χ3n) is 4.77. The van der Waals surface area contributed by atoms with Crippen molar-refractivity contribution in [2.45, 2.75) is 44.6 Å². The number of ketones is 1. The van der Waals surface area contributed by atoms with Crippen LogP contribution in [-0.2, 0) is 11.2 Å². The first kappa shape index (κ1) is 16.1. The molecule has 0 unspecified atom stereocenters. The molecule has 0 bridgehead atoms. The molecule has 1 aromatic rings. The molecule has 3 N–H and O–H groups in total. The Labute approximate surface area is 138 Å². The molecule has 1 fully saturated rings. The summed E-state index contributed by atoms with van der Waals surface area (Å²) in [5, 5.41) is 12.3. The maximum absolute atomic E-state index is 12.6. The summed E-state index contributed by atoms with van der Waals surface area (Å²) < 4.78 is 0. The molecule has 23 heavy (non-hydrogen) atoms. The second kappa shape index (κ2) is 6.03. The summed E-state index contributed by atoms with van der Waals surface area (Å²) in [6.45, 7) is 1.75. The van der Waals surface area contributed by atoms with Crippen LogP contribution in [-0.4, -0.2) is 44.8 Å². The number of aryl methyl sites for hydroxylation is 1. The molecule has 7 heteroatoms. The van der Waals surface area contributed by atoms with Gasteiger partial charge >= 0.3 is 5.97 Å². The van der Waals surface area contributed by atoms with Gasteiger partial charge in [-0.05, 0) is 49.7 Å². The summed E-state index contributed by atoms with van der Waals surface area (Å²) in [4.78, 5) is 39.4. The summed E-state index contributed by atoms with van der Waals surface area (Å²) >= 11 is 1.70. The number of rotatable bonds is 3. The van der Waals surface area contributed by atoms with Crippen molar-refractivity contribution in [2.24, 2.45) is 0 Å². The quantitative estimate of drug-likeness (QED) is 0.783. The Hall–Kier alpha value is -1.76. The van der Waals surface area contributed by atoms with E-state index < -0.39 is 17.4 Å². The van der Waals surface area contributed by atoms with E-state index in [1.165, 1.54) is 0 Å². The van der Waals surface area contributed by atoms with Crippen LogP contribution in [0.1, 0.15) is 57.8 Å². The van der Waals surface area contributed by atoms with E-state index in [0.29, 0.717) is 47.6 Å². The summed E-state index contributed by atoms with van der Waals surface area (Å²) in [6.07, 6.45) is 2.86. The summed E-state index contributed by atoms with van der Waals surface area (Å²) in [6, 6.07) is 0. The van der Waals surface area contributed by atoms with E-state index >= 15 is 0 Å². The molecule has 0 radical (unpaired) electrons. The smallest absolute Gasteiger partial charge is 0.329 e. The molecule has 1 aliphatic carbocycles. The molecule has 2 heterocycles. The van der Waals surface area contributed by atoms with Crippen LogP contribution in [0.3, 0.4) is 0 Å². The summed E-state index contributed by atoms with van der Waals surface area (Å²) in [5.41, 5.74) is 1.17. The van der Waals surface area contributed by atoms with Crippen molar-refractivity contribution in [1.82, 2.24) is 10.3 Å². The number of carboxylic acids is 1. The molecule has 1 aliphatic heterocycles. The number of fused-ring (bicyclic) bond motifs is 1. The van der Waals surface area contributed by atoms with Gasteiger partial charge in [0.15, 0.2) is 5.78 Å². The van der Waals surface area contributed by atoms with Gasteiger partial charge in [0.05, 0.1) is 0 Å². The van der Waals surface area contributed by atoms with Crippen LogP contribution >= 0.6 is 11.8 Å². The Kier molecular flexibility index (Phi) is 4.23. The average molecular weight is 336 g/mol. The molecule has 6 nitrogen and oxygen atoms in total. The number of hydrogen-bond acceptors (Lipinski definition) is 4. The molecule has 0 aromatic carbocycles. The van der Waals surface area contributed by atoms with E-state index in [9.17, 15) is 19.5 Å². The number of carbonyl (C=O) groups is 3. The van der Waals surface area contributed by atoms with Gasteiger partial charge in [0.2, 0.25) is 0 Å². The molecule has 2 aliphatic rings. The predicted molar refractivity (Wildman–Crippen MR) is 87.2 cm³/mol. The Bertz CT molecular complexity index is 674. The van der Waals surface area contributed by atoms with E-state index in [-0.39, 0.29) is 5.78 Å². The first-order valence-corrected chi connectivity index (χ1v) is 8.98. The Balaban J connectivity index is 1.89. The van der Waals surface area contributed by atoms with Gasteiger partial charge < -0.3 is 15.4 Å². The minimum absolute atomic E-state index is 0.0565. The van der Waals surface area contributed by atoms with Crippen LogP contribution in [0.15, 0.2) is 0 Å². The number of aromatic nitrogens is 1. The number of aliphatic carboxylic acids is 1. The molecular weight excluding hydrogens is 316 g/mol. The van der Waals surface area contributed by atoms with Crippen molar-refractivity contribution in [3.63, 3.8) is 0 Å². The molecule has 1 aromatic heterocycles. The van der Waals surface area contributed by atoms with Crippen LogP contribution in [0.2, 0.25) is 0 Å². The van der Waals surface area contributed by atoms with Crippen LogP contribution in [0.5, 0.6) is 0 Å². The number of aromatic amines is 1. The number of nitrogens with one attached hydrogen (secondary N) is 2. The lowest BCUT2D eigenvalue weighted by atomic mass is 9.91. The first-order chi connectivity index (χ1) is 10.9. The lowest BCUT2D eigenvalue weighted by molar-refractivity contribution is -0.144. The highest BCUT2D eigenvalue weighted by Crippen LogP contribution is 2.30. The minimum Gasteiger partial charge on any atom is -0.480 e. The van der Waals surface area contributed by atoms with Gasteiger partial charge in [-0.2, -0.15) is 11.8 Å². The molecule has 0 saturated carbocycles. The number of thioether (sulfide) groups is 1. The molecule has 1 amide bonds. The monoisotopic (exact) mass is 336 g/mol. The van der Waals surface area contributed by atoms with Crippen molar-refractivity contribution in [2.75, 3.05) is 11.5 Å². The third-order valence-corrected chi connectivity index (χ3v) is 5.76. The van der Waals surface area contributed by atoms with Gasteiger partial charge in [0.1, 0.15) is 11.2 Å². The van der Waals surface area contributed by atoms with E-state index in [4.69, 9.17) is 0 Å². The van der Waals surface area contributed by atoms with Crippen LogP contribution in [0.25, 0.3) is 0 Å². The highest BCUT2D eigenvalue weighted by atomic mass is 32.2. The molecular formula is C16H20N2O4S. The second-order valence-electron chi connectivity index (χ2n) is 6.21. The average Bonchev–Trinajstić information content (AvgIpc) is 2.86. The Morgan fingerprint density at radius 1 is 1.26 bits per heavy atom. The van der Waals surface area contributed by atoms with Crippen molar-refractivity contribution in [1.29, 1.82) is 0 Å². The maximum Gasteiger partial charge on any atom is 0.329 e. The third kappa shape index (κ3) is 2.78. The molecule has 124 valence electrons. The zero-order chi connectivity index (χ0) is 16.6. The summed E-state index contributed by atoms with van der Waals surface area (Å²) in [7, 11) is 0. The predicted octanol–water partition coefficient (Wildman–Crippen LogP) is 1.92. The fourth-order valence-corrected chi connectivity index (χ4v) is 4.58. The normalized spacial score (nSPS) is 20.0. The number of carboxylic acid groups (broad SMARTS) is 1. The highest BCUT2D eigenvalue weighted by Gasteiger charge is 2.42. The molecule has 0 spiro atoms. The zero-order valence-electron chi connectivity index (χ0n) is 13.0. The van der Waals surface area contributed by atoms with Gasteiger partial charge in [-0.15, -0.1) is 0 Å². The number of H-pyrrole nitrogens is 1. The van der Waals surface area contributed by atoms with Gasteiger partial charge in [-0.3, -0.25) is 9.59 Å². The standard InChI is InChI=1S/C16H20N2O4S/c1-9-12-10(3-2-4-11(12)19)17-13(9)14(20)18-16(15(21)22)5-7-23-8-6-16/h17H,2-8H2,1H3,(H,18,20)(H,21,22). The largest absolute Gasteiger partial charge is 0.480 e. The van der Waals surface area contributed by atoms with E-state index in [1.54, 1.807) is 18.7 Å². The van der Waals surface area contributed by atoms with Crippen molar-refractivity contribution in [3.8, 4) is 0 Å². The van der Waals surface area contributed by atoms with Crippen LogP contribution < -0.4 is 5.32 Å². The van der Waals surface area contributed by atoms with Crippen molar-refractivity contribution in [3.05, 3.63) is 22.5 Å². The lowest BCUT2D eigenvalue weighted by Gasteiger charge is -2.33. The van der Waals surface area contributed by atoms with Crippen LogP contribution in [0.4, 0.5) is 0 Å². The Morgan fingerprint density at radius 2 is 1.96 bits per heavy atom. The van der Waals surface area contributed by atoms with Gasteiger partial charge in [-0.1, -0.05) is 0 Å². The van der Waals surface area contributed by atoms with Gasteiger partial charge in [-0.25, -0.2) is 4.79 Å². The number of hydrogen-bond donors (Lipinski definition) is 3. The van der Waals surface area contributed by atoms with Gasteiger partial charge in [0, 0.05) is 17.7 Å². The van der Waals surface area contributed by atoms with E-state index in [0.717, 1.165) is 18.5 Å². The SMILES string of the molecule is Cc1c(C(=O)NC2(C(=O)O)CCSCC2)[nH]c2c1C(=O)CCC2. The Morgan fingerprint density at radius 3 is 2.57 bits per heavy atom. The fraction of sp³-hybridized carbons (Fsp3) is 0.562. The topological polar surface area (TPSA) is 99.3 Å². The minimum atomic E-state index is -1.20. The van der Waals surface area contributed by atoms with E-state index in [1.807, 2.05) is 0 Å². The number of carbonyl (C=O) groups excluding carboxylic acids is 2. The van der Waals surface area contributed by atoms with E-state index in [2.05, 4.69) is 10.3 Å². The van der Waals surface area contributed by atoms with Gasteiger partial charge in [0.25, 0.3) is 5.91 Å². The number of amides is 1. The molecule has 0 atom stereocenters. The molecule has 1 saturated heterocycles. The zero-order valence-corrected chi connectivity index (χ0v) is 13.8. The first-order valence-electron chi connectivity index (χ1n) is 7.83. The summed E-state index contributed by atoms with van der Waals surface area (Å²) in [5.74, 6) is 0.0626. The fourth-order valence-electron chi connectivity index (χ4n) is 3.39. The van der Waals surface area contributed by atoms with Crippen molar-refractivity contribution < 1.29 is 19.5 Å². The van der Waals surface area contributed by atoms with Crippen molar-refractivity contribution >= 4 is 29.4 Å². The second-order valence-corrected chi connectivity index (χ2v) is 7.43.